The second-order valence-corrected chi connectivity index (χ2v) is 7.65. The second-order valence-electron chi connectivity index (χ2n) is 7.65. The van der Waals surface area contributed by atoms with Crippen molar-refractivity contribution >= 4 is 0 Å². The van der Waals surface area contributed by atoms with Gasteiger partial charge in [0.05, 0.1) is 12.0 Å². The first kappa shape index (κ1) is 10.9. The third-order valence-corrected chi connectivity index (χ3v) is 6.41. The molecule has 0 spiro atoms. The standard InChI is InChI=1S/C16H23N3/c17-13-6-14-16(18-8-19(14)7-13)15-11-2-9-1-10(4-11)5-12(15)3-9/h8-13,15H,1-7,17H2. The third kappa shape index (κ3) is 1.45. The molecule has 1 unspecified atom stereocenters. The maximum atomic E-state index is 6.12. The first-order valence-electron chi connectivity index (χ1n) is 8.07. The monoisotopic (exact) mass is 257 g/mol. The van der Waals surface area contributed by atoms with Crippen molar-refractivity contribution in [2.24, 2.45) is 29.4 Å². The van der Waals surface area contributed by atoms with E-state index in [9.17, 15) is 0 Å². The van der Waals surface area contributed by atoms with E-state index in [1.54, 1.807) is 0 Å². The van der Waals surface area contributed by atoms with Crippen LogP contribution in [0.4, 0.5) is 0 Å². The summed E-state index contributed by atoms with van der Waals surface area (Å²) in [6, 6.07) is 0.327. The topological polar surface area (TPSA) is 43.8 Å². The van der Waals surface area contributed by atoms with E-state index in [2.05, 4.69) is 10.9 Å². The van der Waals surface area contributed by atoms with Gasteiger partial charge in [0.1, 0.15) is 0 Å². The molecule has 2 N–H and O–H groups in total. The molecule has 1 atom stereocenters. The molecule has 4 saturated carbocycles. The number of aromatic nitrogens is 2. The summed E-state index contributed by atoms with van der Waals surface area (Å²) in [5.74, 6) is 4.75. The first-order chi connectivity index (χ1) is 9.28. The molecule has 1 aromatic rings. The van der Waals surface area contributed by atoms with Crippen LogP contribution in [0.2, 0.25) is 0 Å². The van der Waals surface area contributed by atoms with Crippen LogP contribution in [-0.4, -0.2) is 15.6 Å². The highest BCUT2D eigenvalue weighted by Gasteiger charge is 2.50. The fourth-order valence-electron chi connectivity index (χ4n) is 6.02. The molecule has 102 valence electrons. The van der Waals surface area contributed by atoms with Gasteiger partial charge in [-0.1, -0.05) is 0 Å². The SMILES string of the molecule is NC1Cc2c(C3C4CC5CC(C4)CC3C5)ncn2C1. The van der Waals surface area contributed by atoms with Gasteiger partial charge in [0.15, 0.2) is 0 Å². The molecule has 1 aromatic heterocycles. The summed E-state index contributed by atoms with van der Waals surface area (Å²) in [6.07, 6.45) is 10.6. The van der Waals surface area contributed by atoms with Crippen molar-refractivity contribution in [2.75, 3.05) is 0 Å². The summed E-state index contributed by atoms with van der Waals surface area (Å²) in [6.45, 7) is 0.982. The number of nitrogens with two attached hydrogens (primary N) is 1. The van der Waals surface area contributed by atoms with E-state index in [4.69, 9.17) is 10.7 Å². The molecule has 19 heavy (non-hydrogen) atoms. The zero-order valence-electron chi connectivity index (χ0n) is 11.5. The Balaban J connectivity index is 1.54. The molecule has 4 fully saturated rings. The predicted octanol–water partition coefficient (Wildman–Crippen LogP) is 2.31. The molecular formula is C16H23N3. The van der Waals surface area contributed by atoms with Gasteiger partial charge in [0.2, 0.25) is 0 Å². The summed E-state index contributed by atoms with van der Waals surface area (Å²) < 4.78 is 2.32. The zero-order valence-corrected chi connectivity index (χ0v) is 11.5. The van der Waals surface area contributed by atoms with Crippen molar-refractivity contribution in [3.05, 3.63) is 17.7 Å². The predicted molar refractivity (Wildman–Crippen MR) is 73.7 cm³/mol. The molecule has 2 heterocycles. The van der Waals surface area contributed by atoms with Crippen molar-refractivity contribution in [1.82, 2.24) is 9.55 Å². The minimum Gasteiger partial charge on any atom is -0.333 e. The average Bonchev–Trinajstić information content (AvgIpc) is 2.88. The van der Waals surface area contributed by atoms with Crippen LogP contribution in [0.15, 0.2) is 6.33 Å². The number of hydrogen-bond donors (Lipinski definition) is 1. The van der Waals surface area contributed by atoms with E-state index in [0.29, 0.717) is 6.04 Å². The highest BCUT2D eigenvalue weighted by atomic mass is 15.1. The second kappa shape index (κ2) is 3.63. The Morgan fingerprint density at radius 2 is 1.74 bits per heavy atom. The lowest BCUT2D eigenvalue weighted by atomic mass is 9.51. The quantitative estimate of drug-likeness (QED) is 0.839. The number of rotatable bonds is 1. The number of fused-ring (bicyclic) bond motifs is 1. The van der Waals surface area contributed by atoms with E-state index in [1.165, 1.54) is 43.5 Å². The van der Waals surface area contributed by atoms with E-state index < -0.39 is 0 Å². The lowest BCUT2D eigenvalue weighted by Crippen LogP contribution is -2.44. The maximum absolute atomic E-state index is 6.12. The van der Waals surface area contributed by atoms with Crippen LogP contribution in [-0.2, 0) is 13.0 Å². The molecule has 4 bridgehead atoms. The van der Waals surface area contributed by atoms with Crippen molar-refractivity contribution < 1.29 is 0 Å². The Morgan fingerprint density at radius 3 is 2.42 bits per heavy atom. The average molecular weight is 257 g/mol. The van der Waals surface area contributed by atoms with Crippen molar-refractivity contribution in [3.8, 4) is 0 Å². The van der Waals surface area contributed by atoms with Crippen LogP contribution in [0.25, 0.3) is 0 Å². The molecule has 0 aromatic carbocycles. The molecule has 1 aliphatic heterocycles. The molecular weight excluding hydrogens is 234 g/mol. The minimum absolute atomic E-state index is 0.327. The third-order valence-electron chi connectivity index (χ3n) is 6.41. The van der Waals surface area contributed by atoms with E-state index in [-0.39, 0.29) is 0 Å². The van der Waals surface area contributed by atoms with Gasteiger partial charge in [0.25, 0.3) is 0 Å². The molecule has 3 nitrogen and oxygen atoms in total. The fraction of sp³-hybridized carbons (Fsp3) is 0.812. The number of imidazole rings is 1. The van der Waals surface area contributed by atoms with Crippen LogP contribution in [0.5, 0.6) is 0 Å². The van der Waals surface area contributed by atoms with E-state index >= 15 is 0 Å². The highest BCUT2D eigenvalue weighted by molar-refractivity contribution is 5.26. The van der Waals surface area contributed by atoms with Gasteiger partial charge in [-0.05, 0) is 55.8 Å². The Labute approximate surface area is 114 Å². The van der Waals surface area contributed by atoms with Crippen LogP contribution in [0.3, 0.4) is 0 Å². The van der Waals surface area contributed by atoms with E-state index in [1.807, 2.05) is 0 Å². The molecule has 3 heteroatoms. The largest absolute Gasteiger partial charge is 0.333 e. The number of hydrogen-bond acceptors (Lipinski definition) is 2. The minimum atomic E-state index is 0.327. The van der Waals surface area contributed by atoms with Gasteiger partial charge in [-0.15, -0.1) is 0 Å². The summed E-state index contributed by atoms with van der Waals surface area (Å²) >= 11 is 0. The molecule has 0 amide bonds. The summed E-state index contributed by atoms with van der Waals surface area (Å²) in [4.78, 5) is 4.83. The Hall–Kier alpha value is -0.830. The molecule has 4 aliphatic carbocycles. The van der Waals surface area contributed by atoms with Gasteiger partial charge in [-0.2, -0.15) is 0 Å². The molecule has 0 radical (unpaired) electrons. The number of nitrogens with zero attached hydrogens (tertiary/aromatic N) is 2. The van der Waals surface area contributed by atoms with Gasteiger partial charge in [-0.3, -0.25) is 0 Å². The first-order valence-corrected chi connectivity index (χ1v) is 8.07. The molecule has 6 rings (SSSR count). The van der Waals surface area contributed by atoms with Crippen molar-refractivity contribution in [1.29, 1.82) is 0 Å². The highest BCUT2D eigenvalue weighted by Crippen LogP contribution is 2.60. The van der Waals surface area contributed by atoms with Gasteiger partial charge >= 0.3 is 0 Å². The van der Waals surface area contributed by atoms with Gasteiger partial charge in [0, 0.05) is 30.6 Å². The van der Waals surface area contributed by atoms with Crippen molar-refractivity contribution in [2.45, 2.75) is 57.0 Å². The van der Waals surface area contributed by atoms with Crippen LogP contribution in [0.1, 0.15) is 49.4 Å². The normalized spacial score (nSPS) is 46.8. The van der Waals surface area contributed by atoms with Crippen molar-refractivity contribution in [3.63, 3.8) is 0 Å². The van der Waals surface area contributed by atoms with Gasteiger partial charge in [-0.25, -0.2) is 4.98 Å². The maximum Gasteiger partial charge on any atom is 0.0952 e. The summed E-state index contributed by atoms with van der Waals surface area (Å²) in [7, 11) is 0. The van der Waals surface area contributed by atoms with Crippen LogP contribution < -0.4 is 5.73 Å². The Morgan fingerprint density at radius 1 is 1.05 bits per heavy atom. The molecule has 0 saturated heterocycles. The smallest absolute Gasteiger partial charge is 0.0952 e. The lowest BCUT2D eigenvalue weighted by Gasteiger charge is -2.54. The zero-order chi connectivity index (χ0) is 12.6. The lowest BCUT2D eigenvalue weighted by molar-refractivity contribution is -0.00432. The Bertz CT molecular complexity index is 490. The Kier molecular flexibility index (Phi) is 2.08. The van der Waals surface area contributed by atoms with Crippen LogP contribution >= 0.6 is 0 Å². The molecule has 5 aliphatic rings. The summed E-state index contributed by atoms with van der Waals surface area (Å²) in [5, 5.41) is 0. The van der Waals surface area contributed by atoms with Crippen LogP contribution in [0, 0.1) is 23.7 Å². The van der Waals surface area contributed by atoms with E-state index in [0.717, 1.165) is 42.6 Å². The fourth-order valence-corrected chi connectivity index (χ4v) is 6.02. The summed E-state index contributed by atoms with van der Waals surface area (Å²) in [5.41, 5.74) is 9.05. The van der Waals surface area contributed by atoms with Gasteiger partial charge < -0.3 is 10.3 Å².